The zero-order valence-corrected chi connectivity index (χ0v) is 14.1. The quantitative estimate of drug-likeness (QED) is 0.474. The van der Waals surface area contributed by atoms with Crippen molar-refractivity contribution in [1.82, 2.24) is 19.9 Å². The van der Waals surface area contributed by atoms with Crippen LogP contribution in [-0.2, 0) is 11.9 Å². The first-order valence-corrected chi connectivity index (χ1v) is 8.37. The summed E-state index contributed by atoms with van der Waals surface area (Å²) < 4.78 is 38.0. The summed E-state index contributed by atoms with van der Waals surface area (Å²) in [6.45, 7) is 0. The highest BCUT2D eigenvalue weighted by atomic mass is 35.5. The van der Waals surface area contributed by atoms with Gasteiger partial charge in [-0.3, -0.25) is 9.97 Å². The van der Waals surface area contributed by atoms with Crippen LogP contribution in [0.15, 0.2) is 53.9 Å². The van der Waals surface area contributed by atoms with E-state index in [2.05, 4.69) is 19.9 Å². The predicted octanol–water partition coefficient (Wildman–Crippen LogP) is 4.90. The highest BCUT2D eigenvalue weighted by Crippen LogP contribution is 2.31. The molecule has 0 aromatic carbocycles. The lowest BCUT2D eigenvalue weighted by Gasteiger charge is -2.07. The lowest BCUT2D eigenvalue weighted by atomic mass is 10.1. The molecule has 0 unspecified atom stereocenters. The Bertz CT molecular complexity index is 855. The Labute approximate surface area is 150 Å². The van der Waals surface area contributed by atoms with Gasteiger partial charge >= 0.3 is 6.18 Å². The second-order valence-corrected chi connectivity index (χ2v) is 6.33. The van der Waals surface area contributed by atoms with Crippen molar-refractivity contribution in [3.63, 3.8) is 0 Å². The van der Waals surface area contributed by atoms with E-state index >= 15 is 0 Å². The summed E-state index contributed by atoms with van der Waals surface area (Å²) in [5.74, 6) is 0.443. The molecule has 128 valence electrons. The summed E-state index contributed by atoms with van der Waals surface area (Å²) in [5, 5.41) is 0.167. The van der Waals surface area contributed by atoms with Crippen molar-refractivity contribution >= 4 is 23.4 Å². The maximum atomic E-state index is 12.7. The van der Waals surface area contributed by atoms with E-state index in [0.29, 0.717) is 10.6 Å². The average Bonchev–Trinajstić information content (AvgIpc) is 2.61. The molecule has 3 rings (SSSR count). The van der Waals surface area contributed by atoms with Crippen LogP contribution >= 0.6 is 23.4 Å². The predicted molar refractivity (Wildman–Crippen MR) is 89.1 cm³/mol. The van der Waals surface area contributed by atoms with Crippen LogP contribution in [0.3, 0.4) is 0 Å². The third-order valence-electron chi connectivity index (χ3n) is 3.19. The van der Waals surface area contributed by atoms with Crippen LogP contribution in [0.4, 0.5) is 13.2 Å². The van der Waals surface area contributed by atoms with Crippen molar-refractivity contribution in [1.29, 1.82) is 0 Å². The third kappa shape index (κ3) is 4.67. The fraction of sp³-hybridized carbons (Fsp3) is 0.125. The van der Waals surface area contributed by atoms with Crippen LogP contribution in [-0.4, -0.2) is 19.9 Å². The highest BCUT2D eigenvalue weighted by Gasteiger charge is 2.32. The number of halogens is 4. The molecular weight excluding hydrogens is 373 g/mol. The highest BCUT2D eigenvalue weighted by molar-refractivity contribution is 7.98. The molecule has 0 saturated heterocycles. The number of pyridine rings is 2. The van der Waals surface area contributed by atoms with E-state index in [1.807, 2.05) is 12.1 Å². The Morgan fingerprint density at radius 3 is 2.28 bits per heavy atom. The molecule has 3 aromatic heterocycles. The number of alkyl halides is 3. The van der Waals surface area contributed by atoms with Gasteiger partial charge in [0.05, 0.1) is 5.69 Å². The van der Waals surface area contributed by atoms with E-state index in [0.717, 1.165) is 29.1 Å². The number of nitrogens with zero attached hydrogens (tertiary/aromatic N) is 4. The van der Waals surface area contributed by atoms with Gasteiger partial charge in [0.25, 0.3) is 0 Å². The van der Waals surface area contributed by atoms with Crippen LogP contribution in [0.25, 0.3) is 11.1 Å². The van der Waals surface area contributed by atoms with Crippen LogP contribution in [0, 0.1) is 0 Å². The van der Waals surface area contributed by atoms with E-state index in [1.165, 1.54) is 11.8 Å². The third-order valence-corrected chi connectivity index (χ3v) is 4.41. The molecule has 0 spiro atoms. The van der Waals surface area contributed by atoms with E-state index in [-0.39, 0.29) is 5.28 Å². The minimum Gasteiger partial charge on any atom is -0.260 e. The topological polar surface area (TPSA) is 51.6 Å². The second-order valence-electron chi connectivity index (χ2n) is 4.94. The summed E-state index contributed by atoms with van der Waals surface area (Å²) in [6.07, 6.45) is 1.56. The van der Waals surface area contributed by atoms with Gasteiger partial charge in [-0.05, 0) is 29.8 Å². The van der Waals surface area contributed by atoms with Gasteiger partial charge in [-0.15, -0.1) is 11.8 Å². The SMILES string of the molecule is FC(F)(F)c1cc(SCc2ccc(-c3cnc(Cl)nc3)cn2)ccn1. The molecule has 0 aliphatic heterocycles. The van der Waals surface area contributed by atoms with Gasteiger partial charge in [-0.1, -0.05) is 6.07 Å². The summed E-state index contributed by atoms with van der Waals surface area (Å²) in [6, 6.07) is 6.23. The molecule has 3 aromatic rings. The number of aromatic nitrogens is 4. The maximum absolute atomic E-state index is 12.7. The van der Waals surface area contributed by atoms with Gasteiger partial charge in [0, 0.05) is 46.6 Å². The van der Waals surface area contributed by atoms with E-state index in [4.69, 9.17) is 11.6 Å². The van der Waals surface area contributed by atoms with Crippen LogP contribution < -0.4 is 0 Å². The molecule has 0 fully saturated rings. The van der Waals surface area contributed by atoms with Crippen molar-refractivity contribution < 1.29 is 13.2 Å². The maximum Gasteiger partial charge on any atom is 0.433 e. The molecule has 3 heterocycles. The zero-order valence-electron chi connectivity index (χ0n) is 12.5. The standard InChI is InChI=1S/C16H10ClF3N4S/c17-15-23-7-11(8-24-15)10-1-2-12(22-6-10)9-25-13-3-4-21-14(5-13)16(18,19)20/h1-8H,9H2. The minimum atomic E-state index is -4.45. The number of hydrogen-bond acceptors (Lipinski definition) is 5. The smallest absolute Gasteiger partial charge is 0.260 e. The summed E-state index contributed by atoms with van der Waals surface area (Å²) in [5.41, 5.74) is 1.45. The molecule has 0 amide bonds. The fourth-order valence-electron chi connectivity index (χ4n) is 1.96. The number of hydrogen-bond donors (Lipinski definition) is 0. The fourth-order valence-corrected chi connectivity index (χ4v) is 2.89. The molecule has 9 heteroatoms. The summed E-state index contributed by atoms with van der Waals surface area (Å²) in [4.78, 5) is 16.0. The Morgan fingerprint density at radius 1 is 0.920 bits per heavy atom. The average molecular weight is 383 g/mol. The Hall–Kier alpha value is -2.19. The molecule has 0 aliphatic rings. The van der Waals surface area contributed by atoms with Gasteiger partial charge in [-0.25, -0.2) is 9.97 Å². The molecule has 0 atom stereocenters. The first-order chi connectivity index (χ1) is 11.9. The van der Waals surface area contributed by atoms with Gasteiger partial charge in [0.1, 0.15) is 5.69 Å². The van der Waals surface area contributed by atoms with Gasteiger partial charge in [-0.2, -0.15) is 13.2 Å². The van der Waals surface area contributed by atoms with E-state index < -0.39 is 11.9 Å². The van der Waals surface area contributed by atoms with Crippen molar-refractivity contribution in [2.45, 2.75) is 16.8 Å². The van der Waals surface area contributed by atoms with E-state index in [1.54, 1.807) is 24.7 Å². The first-order valence-electron chi connectivity index (χ1n) is 7.01. The lowest BCUT2D eigenvalue weighted by molar-refractivity contribution is -0.141. The van der Waals surface area contributed by atoms with Crippen molar-refractivity contribution in [2.75, 3.05) is 0 Å². The Balaban J connectivity index is 1.67. The number of thioether (sulfide) groups is 1. The van der Waals surface area contributed by atoms with Crippen molar-refractivity contribution in [2.24, 2.45) is 0 Å². The Kier molecular flexibility index (Phi) is 5.19. The molecule has 0 radical (unpaired) electrons. The minimum absolute atomic E-state index is 0.167. The van der Waals surface area contributed by atoms with Crippen LogP contribution in [0.2, 0.25) is 5.28 Å². The van der Waals surface area contributed by atoms with E-state index in [9.17, 15) is 13.2 Å². The normalized spacial score (nSPS) is 11.5. The molecular formula is C16H10ClF3N4S. The molecule has 25 heavy (non-hydrogen) atoms. The van der Waals surface area contributed by atoms with Crippen LogP contribution in [0.5, 0.6) is 0 Å². The van der Waals surface area contributed by atoms with Crippen molar-refractivity contribution in [3.8, 4) is 11.1 Å². The molecule has 0 N–H and O–H groups in total. The summed E-state index contributed by atoms with van der Waals surface area (Å²) >= 11 is 6.91. The van der Waals surface area contributed by atoms with Crippen molar-refractivity contribution in [3.05, 3.63) is 65.7 Å². The number of rotatable bonds is 4. The second kappa shape index (κ2) is 7.37. The monoisotopic (exact) mass is 382 g/mol. The largest absolute Gasteiger partial charge is 0.433 e. The molecule has 0 aliphatic carbocycles. The van der Waals surface area contributed by atoms with Gasteiger partial charge < -0.3 is 0 Å². The first kappa shape index (κ1) is 17.6. The van der Waals surface area contributed by atoms with Crippen LogP contribution in [0.1, 0.15) is 11.4 Å². The Morgan fingerprint density at radius 2 is 1.64 bits per heavy atom. The van der Waals surface area contributed by atoms with Gasteiger partial charge in [0.15, 0.2) is 0 Å². The molecule has 4 nitrogen and oxygen atoms in total. The van der Waals surface area contributed by atoms with Gasteiger partial charge in [0.2, 0.25) is 5.28 Å². The lowest BCUT2D eigenvalue weighted by Crippen LogP contribution is -2.07. The molecule has 0 saturated carbocycles. The molecule has 0 bridgehead atoms. The zero-order chi connectivity index (χ0) is 17.9. The summed E-state index contributed by atoms with van der Waals surface area (Å²) in [7, 11) is 0.